The molecule has 0 unspecified atom stereocenters. The maximum Gasteiger partial charge on any atom is 0.445 e. The standard InChI is InChI=1S/C21H21NO6S/c1-15-17(11-12-20(23)24)13-18-9-5-6-10-19(18)22(15)29(26,27)21(25)28-14-16-7-3-2-4-8-16/h2-10,13,15H,11-12,14H2,1H3,(H,23,24)/t15-/m1/s1. The van der Waals surface area contributed by atoms with Crippen LogP contribution in [-0.4, -0.2) is 30.8 Å². The first-order valence-corrected chi connectivity index (χ1v) is 10.5. The highest BCUT2D eigenvalue weighted by Gasteiger charge is 2.39. The van der Waals surface area contributed by atoms with Crippen molar-refractivity contribution in [3.8, 4) is 0 Å². The Morgan fingerprint density at radius 3 is 2.41 bits per heavy atom. The number of carboxylic acids is 1. The van der Waals surface area contributed by atoms with Crippen molar-refractivity contribution in [1.29, 1.82) is 0 Å². The smallest absolute Gasteiger partial charge is 0.445 e. The summed E-state index contributed by atoms with van der Waals surface area (Å²) in [7, 11) is -4.48. The average Bonchev–Trinajstić information content (AvgIpc) is 2.70. The monoisotopic (exact) mass is 415 g/mol. The summed E-state index contributed by atoms with van der Waals surface area (Å²) in [5.74, 6) is -0.978. The van der Waals surface area contributed by atoms with E-state index in [1.165, 1.54) is 0 Å². The second kappa shape index (κ2) is 8.48. The summed E-state index contributed by atoms with van der Waals surface area (Å²) in [5, 5.41) is 7.64. The van der Waals surface area contributed by atoms with Gasteiger partial charge in [-0.25, -0.2) is 4.79 Å². The first kappa shape index (κ1) is 20.6. The van der Waals surface area contributed by atoms with E-state index in [0.717, 1.165) is 4.31 Å². The van der Waals surface area contributed by atoms with Crippen LogP contribution in [0.15, 0.2) is 60.2 Å². The summed E-state index contributed by atoms with van der Waals surface area (Å²) < 4.78 is 32.2. The molecule has 1 aliphatic heterocycles. The number of carbonyl (C=O) groups is 2. The van der Waals surface area contributed by atoms with Crippen LogP contribution in [0.1, 0.15) is 30.9 Å². The third kappa shape index (κ3) is 4.48. The van der Waals surface area contributed by atoms with Crippen LogP contribution in [0.3, 0.4) is 0 Å². The van der Waals surface area contributed by atoms with Gasteiger partial charge in [-0.2, -0.15) is 8.42 Å². The Morgan fingerprint density at radius 2 is 1.72 bits per heavy atom. The molecule has 1 heterocycles. The van der Waals surface area contributed by atoms with Gasteiger partial charge in [-0.15, -0.1) is 0 Å². The molecule has 1 N–H and O–H groups in total. The van der Waals surface area contributed by atoms with Crippen LogP contribution < -0.4 is 4.31 Å². The number of hydrogen-bond acceptors (Lipinski definition) is 5. The lowest BCUT2D eigenvalue weighted by atomic mass is 9.95. The van der Waals surface area contributed by atoms with E-state index in [1.807, 2.05) is 0 Å². The number of aliphatic carboxylic acids is 1. The van der Waals surface area contributed by atoms with E-state index in [1.54, 1.807) is 67.6 Å². The molecule has 1 aliphatic rings. The van der Waals surface area contributed by atoms with Crippen LogP contribution in [0.2, 0.25) is 0 Å². The number of hydrogen-bond donors (Lipinski definition) is 1. The summed E-state index contributed by atoms with van der Waals surface area (Å²) in [6.07, 6.45) is 1.82. The van der Waals surface area contributed by atoms with Gasteiger partial charge in [0.1, 0.15) is 6.61 Å². The van der Waals surface area contributed by atoms with Crippen molar-refractivity contribution in [2.75, 3.05) is 4.31 Å². The Morgan fingerprint density at radius 1 is 1.07 bits per heavy atom. The van der Waals surface area contributed by atoms with Crippen LogP contribution in [0.25, 0.3) is 6.08 Å². The van der Waals surface area contributed by atoms with E-state index in [-0.39, 0.29) is 19.4 Å². The Bertz CT molecular complexity index is 1050. The van der Waals surface area contributed by atoms with Crippen molar-refractivity contribution < 1.29 is 27.9 Å². The molecular weight excluding hydrogens is 394 g/mol. The van der Waals surface area contributed by atoms with Crippen molar-refractivity contribution in [2.24, 2.45) is 0 Å². The molecule has 0 aliphatic carbocycles. The van der Waals surface area contributed by atoms with E-state index in [0.29, 0.717) is 22.4 Å². The minimum Gasteiger partial charge on any atom is -0.481 e. The maximum absolute atomic E-state index is 13.1. The predicted molar refractivity (Wildman–Crippen MR) is 109 cm³/mol. The first-order chi connectivity index (χ1) is 13.8. The number of para-hydroxylation sites is 1. The number of rotatable bonds is 6. The number of anilines is 1. The SMILES string of the molecule is C[C@@H]1C(CCC(=O)O)=Cc2ccccc2N1S(=O)(=O)C(=O)OCc1ccccc1. The first-order valence-electron chi connectivity index (χ1n) is 9.07. The van der Waals surface area contributed by atoms with Gasteiger partial charge in [0.15, 0.2) is 0 Å². The zero-order valence-electron chi connectivity index (χ0n) is 15.8. The van der Waals surface area contributed by atoms with Gasteiger partial charge >= 0.3 is 21.3 Å². The zero-order valence-corrected chi connectivity index (χ0v) is 16.6. The summed E-state index contributed by atoms with van der Waals surface area (Å²) in [6, 6.07) is 14.8. The van der Waals surface area contributed by atoms with Gasteiger partial charge in [-0.1, -0.05) is 54.6 Å². The van der Waals surface area contributed by atoms with Crippen LogP contribution in [-0.2, 0) is 26.2 Å². The van der Waals surface area contributed by atoms with Crippen LogP contribution in [0.5, 0.6) is 0 Å². The van der Waals surface area contributed by atoms with Crippen LogP contribution >= 0.6 is 0 Å². The number of ether oxygens (including phenoxy) is 1. The van der Waals surface area contributed by atoms with Crippen molar-refractivity contribution in [3.63, 3.8) is 0 Å². The molecule has 0 radical (unpaired) electrons. The molecule has 29 heavy (non-hydrogen) atoms. The highest BCUT2D eigenvalue weighted by atomic mass is 32.2. The third-order valence-electron chi connectivity index (χ3n) is 4.70. The lowest BCUT2D eigenvalue weighted by molar-refractivity contribution is -0.136. The molecule has 0 amide bonds. The highest BCUT2D eigenvalue weighted by Crippen LogP contribution is 2.36. The number of carboxylic acid groups (broad SMARTS) is 1. The topological polar surface area (TPSA) is 101 Å². The van der Waals surface area contributed by atoms with Crippen molar-refractivity contribution >= 4 is 33.1 Å². The van der Waals surface area contributed by atoms with Gasteiger partial charge in [0.25, 0.3) is 0 Å². The fourth-order valence-electron chi connectivity index (χ4n) is 3.23. The molecule has 2 aromatic carbocycles. The van der Waals surface area contributed by atoms with Gasteiger partial charge < -0.3 is 9.84 Å². The van der Waals surface area contributed by atoms with Crippen molar-refractivity contribution in [1.82, 2.24) is 0 Å². The van der Waals surface area contributed by atoms with Gasteiger partial charge in [0.05, 0.1) is 11.7 Å². The molecule has 8 heteroatoms. The third-order valence-corrected chi connectivity index (χ3v) is 6.27. The summed E-state index contributed by atoms with van der Waals surface area (Å²) in [4.78, 5) is 23.5. The fraction of sp³-hybridized carbons (Fsp3) is 0.238. The molecule has 0 aromatic heterocycles. The van der Waals surface area contributed by atoms with Gasteiger partial charge in [0.2, 0.25) is 0 Å². The minimum absolute atomic E-state index is 0.134. The second-order valence-corrected chi connectivity index (χ2v) is 8.35. The van der Waals surface area contributed by atoms with Gasteiger partial charge in [0, 0.05) is 6.42 Å². The lowest BCUT2D eigenvalue weighted by Gasteiger charge is -2.35. The molecule has 1 atom stereocenters. The molecule has 0 bridgehead atoms. The molecule has 7 nitrogen and oxygen atoms in total. The van der Waals surface area contributed by atoms with Gasteiger partial charge in [-0.3, -0.25) is 9.10 Å². The molecule has 0 fully saturated rings. The summed E-state index contributed by atoms with van der Waals surface area (Å²) >= 11 is 0. The maximum atomic E-state index is 13.1. The highest BCUT2D eigenvalue weighted by molar-refractivity contribution is 8.06. The Labute approximate surface area is 169 Å². The van der Waals surface area contributed by atoms with Gasteiger partial charge in [-0.05, 0) is 36.1 Å². The van der Waals surface area contributed by atoms with E-state index in [4.69, 9.17) is 9.84 Å². The van der Waals surface area contributed by atoms with E-state index in [9.17, 15) is 18.0 Å². The Balaban J connectivity index is 1.89. The van der Waals surface area contributed by atoms with Crippen LogP contribution in [0.4, 0.5) is 10.5 Å². The molecule has 0 spiro atoms. The Kier molecular flexibility index (Phi) is 6.03. The number of nitrogens with zero attached hydrogens (tertiary/aromatic N) is 1. The van der Waals surface area contributed by atoms with Crippen molar-refractivity contribution in [2.45, 2.75) is 32.4 Å². The van der Waals surface area contributed by atoms with E-state index in [2.05, 4.69) is 0 Å². The average molecular weight is 415 g/mol. The summed E-state index contributed by atoms with van der Waals surface area (Å²) in [5.41, 5.74) is 2.25. The van der Waals surface area contributed by atoms with Crippen LogP contribution in [0, 0.1) is 0 Å². The number of carbonyl (C=O) groups excluding carboxylic acids is 1. The molecule has 0 saturated heterocycles. The number of fused-ring (bicyclic) bond motifs is 1. The van der Waals surface area contributed by atoms with Crippen molar-refractivity contribution in [3.05, 3.63) is 71.3 Å². The second-order valence-electron chi connectivity index (χ2n) is 6.67. The quantitative estimate of drug-likeness (QED) is 0.720. The fourth-order valence-corrected chi connectivity index (χ4v) is 4.58. The minimum atomic E-state index is -4.48. The number of benzene rings is 2. The molecule has 0 saturated carbocycles. The zero-order chi connectivity index (χ0) is 21.0. The molecule has 152 valence electrons. The largest absolute Gasteiger partial charge is 0.481 e. The predicted octanol–water partition coefficient (Wildman–Crippen LogP) is 3.81. The number of sulfonamides is 1. The van der Waals surface area contributed by atoms with E-state index < -0.39 is 27.3 Å². The molecule has 3 rings (SSSR count). The molecular formula is C21H21NO6S. The normalized spacial score (nSPS) is 16.0. The molecule has 2 aromatic rings. The Hall–Kier alpha value is -3.13. The summed E-state index contributed by atoms with van der Waals surface area (Å²) in [6.45, 7) is 1.47. The van der Waals surface area contributed by atoms with E-state index >= 15 is 0 Å². The lowest BCUT2D eigenvalue weighted by Crippen LogP contribution is -2.45.